The molecule has 0 unspecified atom stereocenters. The van der Waals surface area contributed by atoms with Crippen molar-refractivity contribution in [2.75, 3.05) is 13.6 Å². The van der Waals surface area contributed by atoms with Gasteiger partial charge in [-0.15, -0.1) is 0 Å². The van der Waals surface area contributed by atoms with E-state index >= 15 is 0 Å². The Morgan fingerprint density at radius 1 is 1.27 bits per heavy atom. The predicted octanol–water partition coefficient (Wildman–Crippen LogP) is 2.13. The molecule has 0 aromatic rings. The van der Waals surface area contributed by atoms with Crippen LogP contribution in [0.1, 0.15) is 32.6 Å². The summed E-state index contributed by atoms with van der Waals surface area (Å²) in [7, 11) is 1.73. The molecule has 0 bridgehead atoms. The number of hydrogen-bond donors (Lipinski definition) is 1. The summed E-state index contributed by atoms with van der Waals surface area (Å²) in [5.74, 6) is 1.65. The highest BCUT2D eigenvalue weighted by Crippen LogP contribution is 2.28. The predicted molar refractivity (Wildman–Crippen MR) is 45.5 cm³/mol. The molecule has 1 fully saturated rings. The molecule has 0 spiro atoms. The molecular weight excluding hydrogens is 138 g/mol. The fraction of sp³-hybridized carbons (Fsp3) is 1.00. The zero-order valence-electron chi connectivity index (χ0n) is 7.58. The highest BCUT2D eigenvalue weighted by molar-refractivity contribution is 4.70. The maximum Gasteiger partial charge on any atom is 0.0263 e. The first-order valence-electron chi connectivity index (χ1n) is 4.58. The lowest BCUT2D eigenvalue weighted by Crippen LogP contribution is -2.25. The van der Waals surface area contributed by atoms with Crippen molar-refractivity contribution in [1.29, 1.82) is 0 Å². The maximum atomic E-state index is 9.00. The Morgan fingerprint density at radius 3 is 2.27 bits per heavy atom. The van der Waals surface area contributed by atoms with Gasteiger partial charge in [-0.1, -0.05) is 19.8 Å². The van der Waals surface area contributed by atoms with E-state index in [4.69, 9.17) is 5.21 Å². The van der Waals surface area contributed by atoms with Crippen molar-refractivity contribution in [1.82, 2.24) is 5.06 Å². The normalized spacial score (nSPS) is 32.7. The average molecular weight is 157 g/mol. The van der Waals surface area contributed by atoms with Gasteiger partial charge >= 0.3 is 0 Å². The fourth-order valence-corrected chi connectivity index (χ4v) is 1.89. The molecule has 2 nitrogen and oxygen atoms in total. The zero-order chi connectivity index (χ0) is 8.27. The minimum Gasteiger partial charge on any atom is -0.314 e. The van der Waals surface area contributed by atoms with Crippen LogP contribution < -0.4 is 0 Å². The van der Waals surface area contributed by atoms with Crippen LogP contribution in [0.15, 0.2) is 0 Å². The number of nitrogens with zero attached hydrogens (tertiary/aromatic N) is 1. The Balaban J connectivity index is 2.17. The highest BCUT2D eigenvalue weighted by Gasteiger charge is 2.18. The lowest BCUT2D eigenvalue weighted by Gasteiger charge is -2.27. The smallest absolute Gasteiger partial charge is 0.0263 e. The first-order chi connectivity index (χ1) is 5.18. The third-order valence-electron chi connectivity index (χ3n) is 2.66. The maximum absolute atomic E-state index is 9.00. The Hall–Kier alpha value is -0.0800. The molecule has 1 saturated carbocycles. The molecule has 1 aliphatic carbocycles. The second-order valence-corrected chi connectivity index (χ2v) is 3.97. The van der Waals surface area contributed by atoms with Gasteiger partial charge in [0.15, 0.2) is 0 Å². The SMILES string of the molecule is CC1CCC(CN(C)O)CC1. The summed E-state index contributed by atoms with van der Waals surface area (Å²) in [6.45, 7) is 3.17. The molecule has 66 valence electrons. The van der Waals surface area contributed by atoms with Gasteiger partial charge in [-0.05, 0) is 24.7 Å². The Morgan fingerprint density at radius 2 is 1.82 bits per heavy atom. The van der Waals surface area contributed by atoms with Gasteiger partial charge in [-0.3, -0.25) is 0 Å². The monoisotopic (exact) mass is 157 g/mol. The van der Waals surface area contributed by atoms with Crippen LogP contribution >= 0.6 is 0 Å². The lowest BCUT2D eigenvalue weighted by atomic mass is 9.83. The van der Waals surface area contributed by atoms with E-state index in [1.807, 2.05) is 0 Å². The number of hydroxylamine groups is 2. The van der Waals surface area contributed by atoms with Crippen LogP contribution in [0.5, 0.6) is 0 Å². The van der Waals surface area contributed by atoms with Gasteiger partial charge in [-0.2, -0.15) is 5.06 Å². The Labute approximate surface area is 69.2 Å². The van der Waals surface area contributed by atoms with Crippen LogP contribution in [0.25, 0.3) is 0 Å². The highest BCUT2D eigenvalue weighted by atomic mass is 16.5. The van der Waals surface area contributed by atoms with Crippen LogP contribution in [-0.4, -0.2) is 23.9 Å². The van der Waals surface area contributed by atoms with E-state index in [0.29, 0.717) is 0 Å². The van der Waals surface area contributed by atoms with Gasteiger partial charge in [0.05, 0.1) is 0 Å². The van der Waals surface area contributed by atoms with E-state index < -0.39 is 0 Å². The van der Waals surface area contributed by atoms with Crippen LogP contribution in [-0.2, 0) is 0 Å². The second kappa shape index (κ2) is 4.07. The summed E-state index contributed by atoms with van der Waals surface area (Å²) in [6, 6.07) is 0. The summed E-state index contributed by atoms with van der Waals surface area (Å²) < 4.78 is 0. The molecular formula is C9H19NO. The molecule has 1 aliphatic rings. The Bertz CT molecular complexity index is 106. The zero-order valence-corrected chi connectivity index (χ0v) is 7.58. The summed E-state index contributed by atoms with van der Waals surface area (Å²) in [5, 5.41) is 10.3. The van der Waals surface area contributed by atoms with Crippen molar-refractivity contribution in [2.24, 2.45) is 11.8 Å². The van der Waals surface area contributed by atoms with Crippen molar-refractivity contribution in [3.63, 3.8) is 0 Å². The first kappa shape index (κ1) is 9.01. The van der Waals surface area contributed by atoms with Gasteiger partial charge in [0.2, 0.25) is 0 Å². The van der Waals surface area contributed by atoms with Gasteiger partial charge < -0.3 is 5.21 Å². The molecule has 0 radical (unpaired) electrons. The van der Waals surface area contributed by atoms with Crippen LogP contribution in [0.3, 0.4) is 0 Å². The molecule has 0 aromatic heterocycles. The third kappa shape index (κ3) is 3.21. The van der Waals surface area contributed by atoms with E-state index in [0.717, 1.165) is 18.4 Å². The van der Waals surface area contributed by atoms with Gasteiger partial charge in [0, 0.05) is 13.6 Å². The molecule has 0 saturated heterocycles. The lowest BCUT2D eigenvalue weighted by molar-refractivity contribution is -0.0799. The molecule has 2 heteroatoms. The molecule has 0 atom stereocenters. The summed E-state index contributed by atoms with van der Waals surface area (Å²) in [4.78, 5) is 0. The minimum absolute atomic E-state index is 0.737. The van der Waals surface area contributed by atoms with E-state index in [1.165, 1.54) is 30.7 Å². The van der Waals surface area contributed by atoms with E-state index in [-0.39, 0.29) is 0 Å². The van der Waals surface area contributed by atoms with Crippen LogP contribution in [0, 0.1) is 11.8 Å². The topological polar surface area (TPSA) is 23.5 Å². The van der Waals surface area contributed by atoms with Gasteiger partial charge in [-0.25, -0.2) is 0 Å². The molecule has 0 aromatic carbocycles. The second-order valence-electron chi connectivity index (χ2n) is 3.97. The number of hydrogen-bond acceptors (Lipinski definition) is 2. The quantitative estimate of drug-likeness (QED) is 0.621. The van der Waals surface area contributed by atoms with Crippen molar-refractivity contribution < 1.29 is 5.21 Å². The summed E-state index contributed by atoms with van der Waals surface area (Å²) >= 11 is 0. The van der Waals surface area contributed by atoms with Crippen molar-refractivity contribution in [3.8, 4) is 0 Å². The van der Waals surface area contributed by atoms with E-state index in [1.54, 1.807) is 7.05 Å². The standard InChI is InChI=1S/C9H19NO/c1-8-3-5-9(6-4-8)7-10(2)11/h8-9,11H,3-7H2,1-2H3. The number of rotatable bonds is 2. The molecule has 0 amide bonds. The van der Waals surface area contributed by atoms with E-state index in [2.05, 4.69) is 6.92 Å². The van der Waals surface area contributed by atoms with Crippen LogP contribution in [0.4, 0.5) is 0 Å². The minimum atomic E-state index is 0.737. The largest absolute Gasteiger partial charge is 0.314 e. The van der Waals surface area contributed by atoms with Crippen LogP contribution in [0.2, 0.25) is 0 Å². The van der Waals surface area contributed by atoms with Crippen molar-refractivity contribution >= 4 is 0 Å². The van der Waals surface area contributed by atoms with Gasteiger partial charge in [0.1, 0.15) is 0 Å². The Kier molecular flexibility index (Phi) is 3.34. The third-order valence-corrected chi connectivity index (χ3v) is 2.66. The van der Waals surface area contributed by atoms with Crippen molar-refractivity contribution in [3.05, 3.63) is 0 Å². The van der Waals surface area contributed by atoms with Crippen molar-refractivity contribution in [2.45, 2.75) is 32.6 Å². The average Bonchev–Trinajstić information content (AvgIpc) is 1.93. The van der Waals surface area contributed by atoms with E-state index in [9.17, 15) is 0 Å². The molecule has 0 aliphatic heterocycles. The summed E-state index contributed by atoms with van der Waals surface area (Å²) in [5.41, 5.74) is 0. The molecule has 1 N–H and O–H groups in total. The summed E-state index contributed by atoms with van der Waals surface area (Å²) in [6.07, 6.45) is 5.29. The fourth-order valence-electron chi connectivity index (χ4n) is 1.89. The molecule has 0 heterocycles. The molecule has 11 heavy (non-hydrogen) atoms. The van der Waals surface area contributed by atoms with Gasteiger partial charge in [0.25, 0.3) is 0 Å². The molecule has 1 rings (SSSR count). The first-order valence-corrected chi connectivity index (χ1v) is 4.58.